The highest BCUT2D eigenvalue weighted by Gasteiger charge is 2.14. The fourth-order valence-corrected chi connectivity index (χ4v) is 4.00. The number of methoxy groups -OCH3 is 2. The maximum atomic E-state index is 12.3. The lowest BCUT2D eigenvalue weighted by molar-refractivity contribution is -0.120. The van der Waals surface area contributed by atoms with Crippen LogP contribution in [0.1, 0.15) is 10.4 Å². The van der Waals surface area contributed by atoms with Gasteiger partial charge in [-0.15, -0.1) is 22.7 Å². The lowest BCUT2D eigenvalue weighted by Gasteiger charge is -2.11. The largest absolute Gasteiger partial charge is 0.497 e. The first-order valence-electron chi connectivity index (χ1n) is 7.65. The number of hydrogen-bond acceptors (Lipinski definition) is 6. The van der Waals surface area contributed by atoms with Gasteiger partial charge in [-0.25, -0.2) is 4.98 Å². The van der Waals surface area contributed by atoms with Crippen LogP contribution in [0.2, 0.25) is 0 Å². The highest BCUT2D eigenvalue weighted by atomic mass is 32.1. The van der Waals surface area contributed by atoms with E-state index in [4.69, 9.17) is 9.47 Å². The molecule has 0 bridgehead atoms. The molecular formula is C18H18N2O3S2. The monoisotopic (exact) mass is 374 g/mol. The van der Waals surface area contributed by atoms with Crippen LogP contribution in [0.15, 0.2) is 41.2 Å². The third kappa shape index (κ3) is 4.18. The van der Waals surface area contributed by atoms with Gasteiger partial charge in [0.1, 0.15) is 11.5 Å². The van der Waals surface area contributed by atoms with Crippen molar-refractivity contribution in [3.63, 3.8) is 0 Å². The molecule has 0 aliphatic carbocycles. The van der Waals surface area contributed by atoms with E-state index in [2.05, 4.69) is 10.3 Å². The summed E-state index contributed by atoms with van der Waals surface area (Å²) in [5, 5.41) is 4.95. The van der Waals surface area contributed by atoms with E-state index in [9.17, 15) is 4.79 Å². The van der Waals surface area contributed by atoms with Gasteiger partial charge >= 0.3 is 0 Å². The number of carbonyl (C=O) groups is 1. The Morgan fingerprint density at radius 3 is 2.80 bits per heavy atom. The molecule has 7 heteroatoms. The van der Waals surface area contributed by atoms with E-state index < -0.39 is 0 Å². The molecule has 25 heavy (non-hydrogen) atoms. The average molecular weight is 374 g/mol. The van der Waals surface area contributed by atoms with Gasteiger partial charge in [0.05, 0.1) is 36.7 Å². The van der Waals surface area contributed by atoms with Crippen LogP contribution in [0.5, 0.6) is 11.5 Å². The van der Waals surface area contributed by atoms with Crippen LogP contribution in [0.3, 0.4) is 0 Å². The number of nitrogens with zero attached hydrogens (tertiary/aromatic N) is 1. The highest BCUT2D eigenvalue weighted by Crippen LogP contribution is 2.29. The normalized spacial score (nSPS) is 10.5. The number of nitrogens with one attached hydrogen (secondary N) is 1. The van der Waals surface area contributed by atoms with Gasteiger partial charge in [0, 0.05) is 23.1 Å². The number of hydrogen-bond donors (Lipinski definition) is 1. The number of benzene rings is 1. The Hall–Kier alpha value is -2.38. The summed E-state index contributed by atoms with van der Waals surface area (Å²) in [4.78, 5) is 18.8. The van der Waals surface area contributed by atoms with E-state index in [1.807, 2.05) is 29.6 Å². The minimum atomic E-state index is -0.0417. The summed E-state index contributed by atoms with van der Waals surface area (Å²) in [6.45, 7) is 0.402. The number of rotatable bonds is 7. The van der Waals surface area contributed by atoms with Crippen LogP contribution in [0.25, 0.3) is 10.6 Å². The lowest BCUT2D eigenvalue weighted by Crippen LogP contribution is -2.24. The summed E-state index contributed by atoms with van der Waals surface area (Å²) < 4.78 is 10.5. The zero-order valence-corrected chi connectivity index (χ0v) is 15.6. The number of thiophene rings is 1. The second-order valence-electron chi connectivity index (χ2n) is 5.23. The number of thiazole rings is 1. The summed E-state index contributed by atoms with van der Waals surface area (Å²) in [5.74, 6) is 1.37. The minimum absolute atomic E-state index is 0.0417. The second-order valence-corrected chi connectivity index (χ2v) is 7.12. The van der Waals surface area contributed by atoms with Gasteiger partial charge in [-0.2, -0.15) is 0 Å². The Bertz CT molecular complexity index is 844. The van der Waals surface area contributed by atoms with Crippen molar-refractivity contribution in [1.82, 2.24) is 10.3 Å². The molecule has 0 saturated heterocycles. The van der Waals surface area contributed by atoms with Crippen molar-refractivity contribution in [3.05, 3.63) is 51.7 Å². The van der Waals surface area contributed by atoms with Gasteiger partial charge in [0.25, 0.3) is 0 Å². The quantitative estimate of drug-likeness (QED) is 0.684. The molecule has 0 saturated carbocycles. The van der Waals surface area contributed by atoms with Crippen molar-refractivity contribution >= 4 is 28.6 Å². The summed E-state index contributed by atoms with van der Waals surface area (Å²) in [7, 11) is 3.21. The molecule has 3 aromatic rings. The maximum Gasteiger partial charge on any atom is 0.225 e. The van der Waals surface area contributed by atoms with Gasteiger partial charge in [-0.05, 0) is 23.6 Å². The summed E-state index contributed by atoms with van der Waals surface area (Å²) >= 11 is 3.13. The number of ether oxygens (including phenoxy) is 2. The SMILES string of the molecule is COc1ccc(CNC(=O)Cc2scnc2-c2cccs2)c(OC)c1. The molecule has 0 spiro atoms. The van der Waals surface area contributed by atoms with Crippen molar-refractivity contribution in [2.75, 3.05) is 14.2 Å². The van der Waals surface area contributed by atoms with Gasteiger partial charge in [0.15, 0.2) is 0 Å². The van der Waals surface area contributed by atoms with Crippen molar-refractivity contribution in [1.29, 1.82) is 0 Å². The van der Waals surface area contributed by atoms with Crippen LogP contribution < -0.4 is 14.8 Å². The first kappa shape index (κ1) is 17.4. The third-order valence-electron chi connectivity index (χ3n) is 3.69. The van der Waals surface area contributed by atoms with Crippen LogP contribution in [-0.2, 0) is 17.8 Å². The standard InChI is InChI=1S/C18H18N2O3S2/c1-22-13-6-5-12(14(8-13)23-2)10-19-17(21)9-16-18(20-11-25-16)15-4-3-7-24-15/h3-8,11H,9-10H2,1-2H3,(H,19,21). The Kier molecular flexibility index (Phi) is 5.67. The van der Waals surface area contributed by atoms with E-state index in [-0.39, 0.29) is 5.91 Å². The Labute approximate surface area is 154 Å². The fourth-order valence-electron chi connectivity index (χ4n) is 2.41. The predicted molar refractivity (Wildman–Crippen MR) is 101 cm³/mol. The first-order chi connectivity index (χ1) is 12.2. The zero-order valence-electron chi connectivity index (χ0n) is 13.9. The molecule has 0 fully saturated rings. The Morgan fingerprint density at radius 2 is 2.08 bits per heavy atom. The fraction of sp³-hybridized carbons (Fsp3) is 0.222. The summed E-state index contributed by atoms with van der Waals surface area (Å²) in [5.41, 5.74) is 3.58. The topological polar surface area (TPSA) is 60.5 Å². The van der Waals surface area contributed by atoms with Gasteiger partial charge in [-0.1, -0.05) is 6.07 Å². The lowest BCUT2D eigenvalue weighted by atomic mass is 10.2. The predicted octanol–water partition coefficient (Wildman–Crippen LogP) is 3.75. The van der Waals surface area contributed by atoms with Crippen LogP contribution >= 0.6 is 22.7 Å². The van der Waals surface area contributed by atoms with Gasteiger partial charge < -0.3 is 14.8 Å². The summed E-state index contributed by atoms with van der Waals surface area (Å²) in [6, 6.07) is 9.55. The van der Waals surface area contributed by atoms with Crippen LogP contribution in [0, 0.1) is 0 Å². The molecule has 1 amide bonds. The minimum Gasteiger partial charge on any atom is -0.497 e. The molecule has 1 N–H and O–H groups in total. The average Bonchev–Trinajstić information content (AvgIpc) is 3.31. The molecule has 0 unspecified atom stereocenters. The molecular weight excluding hydrogens is 356 g/mol. The second kappa shape index (κ2) is 8.13. The Morgan fingerprint density at radius 1 is 1.20 bits per heavy atom. The van der Waals surface area contributed by atoms with Crippen LogP contribution in [0.4, 0.5) is 0 Å². The smallest absolute Gasteiger partial charge is 0.225 e. The van der Waals surface area contributed by atoms with E-state index in [0.29, 0.717) is 18.7 Å². The maximum absolute atomic E-state index is 12.3. The van der Waals surface area contributed by atoms with Crippen molar-refractivity contribution in [2.24, 2.45) is 0 Å². The van der Waals surface area contributed by atoms with E-state index >= 15 is 0 Å². The molecule has 0 atom stereocenters. The molecule has 5 nitrogen and oxygen atoms in total. The first-order valence-corrected chi connectivity index (χ1v) is 9.41. The number of carbonyl (C=O) groups excluding carboxylic acids is 1. The highest BCUT2D eigenvalue weighted by molar-refractivity contribution is 7.14. The van der Waals surface area contributed by atoms with Crippen molar-refractivity contribution in [3.8, 4) is 22.1 Å². The number of aromatic nitrogens is 1. The van der Waals surface area contributed by atoms with Crippen molar-refractivity contribution < 1.29 is 14.3 Å². The molecule has 1 aromatic carbocycles. The van der Waals surface area contributed by atoms with Crippen molar-refractivity contribution in [2.45, 2.75) is 13.0 Å². The van der Waals surface area contributed by atoms with E-state index in [0.717, 1.165) is 26.8 Å². The molecule has 0 radical (unpaired) electrons. The summed E-state index contributed by atoms with van der Waals surface area (Å²) in [6.07, 6.45) is 0.316. The van der Waals surface area contributed by atoms with Gasteiger partial charge in [0.2, 0.25) is 5.91 Å². The van der Waals surface area contributed by atoms with E-state index in [1.165, 1.54) is 11.3 Å². The molecule has 3 rings (SSSR count). The molecule has 0 aliphatic rings. The van der Waals surface area contributed by atoms with Crippen LogP contribution in [-0.4, -0.2) is 25.1 Å². The third-order valence-corrected chi connectivity index (χ3v) is 5.40. The Balaban J connectivity index is 1.64. The molecule has 2 aromatic heterocycles. The van der Waals surface area contributed by atoms with Gasteiger partial charge in [-0.3, -0.25) is 4.79 Å². The zero-order chi connectivity index (χ0) is 17.6. The molecule has 2 heterocycles. The van der Waals surface area contributed by atoms with E-state index in [1.54, 1.807) is 37.1 Å². The molecule has 130 valence electrons. The molecule has 0 aliphatic heterocycles. The number of amides is 1.